The molecule has 1 heterocycles. The molecule has 0 aliphatic carbocycles. The zero-order valence-corrected chi connectivity index (χ0v) is 12.0. The first kappa shape index (κ1) is 13.5. The Morgan fingerprint density at radius 3 is 2.74 bits per heavy atom. The molecule has 2 rings (SSSR count). The van der Waals surface area contributed by atoms with Gasteiger partial charge in [0.25, 0.3) is 0 Å². The molecule has 4 nitrogen and oxygen atoms in total. The predicted molar refractivity (Wildman–Crippen MR) is 78.4 cm³/mol. The summed E-state index contributed by atoms with van der Waals surface area (Å²) in [4.78, 5) is 4.53. The second-order valence-corrected chi connectivity index (χ2v) is 4.66. The Kier molecular flexibility index (Phi) is 4.10. The lowest BCUT2D eigenvalue weighted by Gasteiger charge is -2.12. The van der Waals surface area contributed by atoms with Crippen LogP contribution in [0.2, 0.25) is 0 Å². The summed E-state index contributed by atoms with van der Waals surface area (Å²) in [7, 11) is 1.68. The van der Waals surface area contributed by atoms with E-state index in [0.717, 1.165) is 41.6 Å². The number of rotatable bonds is 5. The Morgan fingerprint density at radius 2 is 2.11 bits per heavy atom. The van der Waals surface area contributed by atoms with E-state index in [-0.39, 0.29) is 0 Å². The molecular formula is C15H21N3O. The van der Waals surface area contributed by atoms with Crippen molar-refractivity contribution in [1.82, 2.24) is 9.55 Å². The quantitative estimate of drug-likeness (QED) is 0.895. The van der Waals surface area contributed by atoms with Crippen molar-refractivity contribution in [3.63, 3.8) is 0 Å². The third-order valence-corrected chi connectivity index (χ3v) is 3.02. The van der Waals surface area contributed by atoms with Gasteiger partial charge in [-0.2, -0.15) is 0 Å². The van der Waals surface area contributed by atoms with Crippen molar-refractivity contribution >= 4 is 5.95 Å². The molecule has 0 unspecified atom stereocenters. The van der Waals surface area contributed by atoms with E-state index >= 15 is 0 Å². The molecule has 1 aromatic carbocycles. The Morgan fingerprint density at radius 1 is 1.32 bits per heavy atom. The minimum absolute atomic E-state index is 0.876. The molecule has 0 aliphatic heterocycles. The van der Waals surface area contributed by atoms with Gasteiger partial charge in [0.2, 0.25) is 5.95 Å². The van der Waals surface area contributed by atoms with E-state index in [1.807, 2.05) is 25.3 Å². The second-order valence-electron chi connectivity index (χ2n) is 4.66. The number of benzene rings is 1. The number of anilines is 1. The summed E-state index contributed by atoms with van der Waals surface area (Å²) in [5.41, 5.74) is 3.30. The van der Waals surface area contributed by atoms with Crippen molar-refractivity contribution in [3.05, 3.63) is 35.7 Å². The van der Waals surface area contributed by atoms with Crippen molar-refractivity contribution in [2.75, 3.05) is 19.0 Å². The minimum atomic E-state index is 0.876. The highest BCUT2D eigenvalue weighted by Crippen LogP contribution is 2.23. The first-order valence-corrected chi connectivity index (χ1v) is 6.60. The molecule has 4 heteroatoms. The number of nitrogens with zero attached hydrogens (tertiary/aromatic N) is 2. The number of nitrogens with one attached hydrogen (secondary N) is 1. The van der Waals surface area contributed by atoms with Crippen LogP contribution in [0.1, 0.15) is 24.6 Å². The van der Waals surface area contributed by atoms with Gasteiger partial charge in [-0.15, -0.1) is 0 Å². The highest BCUT2D eigenvalue weighted by molar-refractivity contribution is 5.50. The van der Waals surface area contributed by atoms with Gasteiger partial charge in [-0.3, -0.25) is 4.57 Å². The summed E-state index contributed by atoms with van der Waals surface area (Å²) < 4.78 is 7.34. The van der Waals surface area contributed by atoms with Gasteiger partial charge in [-0.25, -0.2) is 4.98 Å². The molecule has 19 heavy (non-hydrogen) atoms. The summed E-state index contributed by atoms with van der Waals surface area (Å²) in [6.45, 7) is 7.15. The van der Waals surface area contributed by atoms with Gasteiger partial charge < -0.3 is 10.1 Å². The zero-order chi connectivity index (χ0) is 13.8. The van der Waals surface area contributed by atoms with Crippen molar-refractivity contribution < 1.29 is 4.74 Å². The monoisotopic (exact) mass is 259 g/mol. The van der Waals surface area contributed by atoms with Crippen molar-refractivity contribution in [2.24, 2.45) is 0 Å². The Balaban J connectivity index is 2.40. The summed E-state index contributed by atoms with van der Waals surface area (Å²) >= 11 is 0. The number of ether oxygens (including phenoxy) is 1. The molecule has 0 radical (unpaired) electrons. The van der Waals surface area contributed by atoms with E-state index in [9.17, 15) is 0 Å². The fraction of sp³-hybridized carbons (Fsp3) is 0.400. The lowest BCUT2D eigenvalue weighted by atomic mass is 10.2. The molecule has 0 bridgehead atoms. The molecule has 102 valence electrons. The zero-order valence-electron chi connectivity index (χ0n) is 12.0. The topological polar surface area (TPSA) is 39.1 Å². The van der Waals surface area contributed by atoms with Crippen molar-refractivity contribution in [1.29, 1.82) is 0 Å². The van der Waals surface area contributed by atoms with E-state index in [2.05, 4.69) is 34.8 Å². The number of aryl methyl sites for hydroxylation is 2. The van der Waals surface area contributed by atoms with E-state index in [0.29, 0.717) is 0 Å². The largest absolute Gasteiger partial charge is 0.497 e. The van der Waals surface area contributed by atoms with Crippen LogP contribution in [0.3, 0.4) is 0 Å². The lowest BCUT2D eigenvalue weighted by Crippen LogP contribution is -2.07. The van der Waals surface area contributed by atoms with E-state index < -0.39 is 0 Å². The van der Waals surface area contributed by atoms with Gasteiger partial charge in [-0.05, 0) is 44.0 Å². The van der Waals surface area contributed by atoms with Crippen LogP contribution in [0.25, 0.3) is 5.69 Å². The highest BCUT2D eigenvalue weighted by Gasteiger charge is 2.09. The van der Waals surface area contributed by atoms with Crippen LogP contribution in [-0.4, -0.2) is 23.2 Å². The highest BCUT2D eigenvalue weighted by atomic mass is 16.5. The molecular weight excluding hydrogens is 238 g/mol. The first-order chi connectivity index (χ1) is 9.15. The van der Waals surface area contributed by atoms with Crippen LogP contribution in [0.4, 0.5) is 5.95 Å². The summed E-state index contributed by atoms with van der Waals surface area (Å²) in [6.07, 6.45) is 3.13. The van der Waals surface area contributed by atoms with Crippen LogP contribution in [0.5, 0.6) is 5.75 Å². The van der Waals surface area contributed by atoms with Crippen LogP contribution in [-0.2, 0) is 0 Å². The van der Waals surface area contributed by atoms with Gasteiger partial charge in [-0.1, -0.05) is 6.92 Å². The molecule has 0 amide bonds. The Bertz CT molecular complexity index is 561. The van der Waals surface area contributed by atoms with Gasteiger partial charge in [0.1, 0.15) is 5.75 Å². The number of aromatic nitrogens is 2. The molecule has 1 aromatic heterocycles. The van der Waals surface area contributed by atoms with Crippen LogP contribution >= 0.6 is 0 Å². The predicted octanol–water partition coefficient (Wildman–Crippen LogP) is 3.32. The molecule has 0 spiro atoms. The molecule has 0 atom stereocenters. The average molecular weight is 259 g/mol. The van der Waals surface area contributed by atoms with Crippen LogP contribution in [0.15, 0.2) is 24.4 Å². The molecule has 0 fully saturated rings. The third-order valence-electron chi connectivity index (χ3n) is 3.02. The SMILES string of the molecule is CCCNc1nc(C)cn1-c1ccc(OC)cc1C. The smallest absolute Gasteiger partial charge is 0.207 e. The van der Waals surface area contributed by atoms with Gasteiger partial charge in [0.05, 0.1) is 18.5 Å². The maximum absolute atomic E-state index is 5.25. The normalized spacial score (nSPS) is 10.5. The first-order valence-electron chi connectivity index (χ1n) is 6.60. The standard InChI is InChI=1S/C15H21N3O/c1-5-8-16-15-17-12(3)10-18(15)14-7-6-13(19-4)9-11(14)2/h6-7,9-10H,5,8H2,1-4H3,(H,16,17). The number of methoxy groups -OCH3 is 1. The van der Waals surface area contributed by atoms with E-state index in [1.54, 1.807) is 7.11 Å². The minimum Gasteiger partial charge on any atom is -0.497 e. The Hall–Kier alpha value is -1.97. The third kappa shape index (κ3) is 2.89. The van der Waals surface area contributed by atoms with Crippen LogP contribution in [0, 0.1) is 13.8 Å². The van der Waals surface area contributed by atoms with Gasteiger partial charge in [0.15, 0.2) is 0 Å². The van der Waals surface area contributed by atoms with Gasteiger partial charge >= 0.3 is 0 Å². The summed E-state index contributed by atoms with van der Waals surface area (Å²) in [6, 6.07) is 6.07. The number of imidazole rings is 1. The summed E-state index contributed by atoms with van der Waals surface area (Å²) in [5, 5.41) is 3.36. The fourth-order valence-electron chi connectivity index (χ4n) is 2.07. The second kappa shape index (κ2) is 5.78. The molecule has 0 saturated carbocycles. The maximum atomic E-state index is 5.25. The molecule has 0 saturated heterocycles. The van der Waals surface area contributed by atoms with Gasteiger partial charge in [0, 0.05) is 12.7 Å². The maximum Gasteiger partial charge on any atom is 0.207 e. The molecule has 1 N–H and O–H groups in total. The van der Waals surface area contributed by atoms with Crippen molar-refractivity contribution in [3.8, 4) is 11.4 Å². The Labute approximate surface area is 114 Å². The molecule has 2 aromatic rings. The van der Waals surface area contributed by atoms with Crippen molar-refractivity contribution in [2.45, 2.75) is 27.2 Å². The lowest BCUT2D eigenvalue weighted by molar-refractivity contribution is 0.414. The fourth-order valence-corrected chi connectivity index (χ4v) is 2.07. The van der Waals surface area contributed by atoms with E-state index in [1.165, 1.54) is 0 Å². The number of hydrogen-bond acceptors (Lipinski definition) is 3. The average Bonchev–Trinajstić information content (AvgIpc) is 2.77. The summed E-state index contributed by atoms with van der Waals surface area (Å²) in [5.74, 6) is 1.77. The van der Waals surface area contributed by atoms with Crippen LogP contribution < -0.4 is 10.1 Å². The number of hydrogen-bond donors (Lipinski definition) is 1. The van der Waals surface area contributed by atoms with E-state index in [4.69, 9.17) is 4.74 Å². The molecule has 0 aliphatic rings.